The lowest BCUT2D eigenvalue weighted by atomic mass is 10.1. The highest BCUT2D eigenvalue weighted by molar-refractivity contribution is 7.10. The zero-order valence-electron chi connectivity index (χ0n) is 11.5. The molecule has 3 nitrogen and oxygen atoms in total. The van der Waals surface area contributed by atoms with Gasteiger partial charge in [0, 0.05) is 23.9 Å². The third kappa shape index (κ3) is 3.45. The third-order valence-corrected chi connectivity index (χ3v) is 4.73. The Labute approximate surface area is 119 Å². The highest BCUT2D eigenvalue weighted by Crippen LogP contribution is 2.33. The number of amides is 1. The van der Waals surface area contributed by atoms with Gasteiger partial charge in [0.2, 0.25) is 5.91 Å². The van der Waals surface area contributed by atoms with Crippen molar-refractivity contribution in [1.82, 2.24) is 10.2 Å². The first kappa shape index (κ1) is 14.3. The molecule has 0 aliphatic carbocycles. The summed E-state index contributed by atoms with van der Waals surface area (Å²) in [5.74, 6) is 0.301. The molecular formula is C15H22N2OS. The van der Waals surface area contributed by atoms with Crippen LogP contribution < -0.4 is 5.32 Å². The molecule has 104 valence electrons. The van der Waals surface area contributed by atoms with Crippen molar-refractivity contribution in [3.8, 4) is 0 Å². The maximum absolute atomic E-state index is 12.1. The van der Waals surface area contributed by atoms with Crippen molar-refractivity contribution in [2.45, 2.75) is 38.3 Å². The molecular weight excluding hydrogens is 256 g/mol. The van der Waals surface area contributed by atoms with E-state index in [4.69, 9.17) is 0 Å². The Bertz CT molecular complexity index is 416. The summed E-state index contributed by atoms with van der Waals surface area (Å²) in [6.07, 6.45) is 4.58. The number of thiophene rings is 1. The standard InChI is InChI=1S/C15H22N2OS/c1-3-9-16-10-8-13-6-7-15(18)17(13)12(2)14-5-4-11-19-14/h3-5,11-13,16H,1,6-10H2,2H3/t12-,13-/m0/s1. The molecule has 2 atom stereocenters. The molecule has 19 heavy (non-hydrogen) atoms. The maximum atomic E-state index is 12.1. The molecule has 1 amide bonds. The van der Waals surface area contributed by atoms with Crippen molar-refractivity contribution in [3.63, 3.8) is 0 Å². The van der Waals surface area contributed by atoms with Crippen LogP contribution in [0.4, 0.5) is 0 Å². The molecule has 1 aliphatic rings. The van der Waals surface area contributed by atoms with E-state index in [0.29, 0.717) is 18.4 Å². The van der Waals surface area contributed by atoms with E-state index in [2.05, 4.69) is 41.2 Å². The minimum absolute atomic E-state index is 0.208. The highest BCUT2D eigenvalue weighted by Gasteiger charge is 2.34. The Morgan fingerprint density at radius 2 is 2.53 bits per heavy atom. The molecule has 1 N–H and O–H groups in total. The number of carbonyl (C=O) groups excluding carboxylic acids is 1. The fourth-order valence-electron chi connectivity index (χ4n) is 2.72. The largest absolute Gasteiger partial charge is 0.332 e. The van der Waals surface area contributed by atoms with Crippen LogP contribution in [0.5, 0.6) is 0 Å². The van der Waals surface area contributed by atoms with E-state index in [1.54, 1.807) is 11.3 Å². The zero-order valence-corrected chi connectivity index (χ0v) is 12.3. The van der Waals surface area contributed by atoms with Crippen LogP contribution in [0.3, 0.4) is 0 Å². The molecule has 0 bridgehead atoms. The van der Waals surface area contributed by atoms with Crippen molar-refractivity contribution in [2.24, 2.45) is 0 Å². The predicted octanol–water partition coefficient (Wildman–Crippen LogP) is 2.97. The van der Waals surface area contributed by atoms with Gasteiger partial charge in [0.15, 0.2) is 0 Å². The smallest absolute Gasteiger partial charge is 0.223 e. The Hall–Kier alpha value is -1.13. The van der Waals surface area contributed by atoms with Crippen LogP contribution in [0.25, 0.3) is 0 Å². The molecule has 1 aromatic rings. The van der Waals surface area contributed by atoms with Crippen LogP contribution in [-0.2, 0) is 4.79 Å². The number of rotatable bonds is 7. The average molecular weight is 278 g/mol. The van der Waals surface area contributed by atoms with Crippen LogP contribution >= 0.6 is 11.3 Å². The molecule has 1 saturated heterocycles. The summed E-state index contributed by atoms with van der Waals surface area (Å²) in [7, 11) is 0. The molecule has 0 aromatic carbocycles. The maximum Gasteiger partial charge on any atom is 0.223 e. The van der Waals surface area contributed by atoms with Crippen molar-refractivity contribution in [2.75, 3.05) is 13.1 Å². The van der Waals surface area contributed by atoms with Gasteiger partial charge in [0.05, 0.1) is 6.04 Å². The van der Waals surface area contributed by atoms with Gasteiger partial charge < -0.3 is 10.2 Å². The summed E-state index contributed by atoms with van der Waals surface area (Å²) >= 11 is 1.73. The summed E-state index contributed by atoms with van der Waals surface area (Å²) in [5.41, 5.74) is 0. The monoisotopic (exact) mass is 278 g/mol. The summed E-state index contributed by atoms with van der Waals surface area (Å²) < 4.78 is 0. The second-order valence-electron chi connectivity index (χ2n) is 4.97. The van der Waals surface area contributed by atoms with Crippen LogP contribution in [0.2, 0.25) is 0 Å². The fourth-order valence-corrected chi connectivity index (χ4v) is 3.50. The van der Waals surface area contributed by atoms with Gasteiger partial charge in [0.1, 0.15) is 0 Å². The third-order valence-electron chi connectivity index (χ3n) is 3.69. The Morgan fingerprint density at radius 3 is 3.21 bits per heavy atom. The van der Waals surface area contributed by atoms with Gasteiger partial charge in [-0.25, -0.2) is 0 Å². The quantitative estimate of drug-likeness (QED) is 0.614. The summed E-state index contributed by atoms with van der Waals surface area (Å²) in [4.78, 5) is 15.5. The van der Waals surface area contributed by atoms with Gasteiger partial charge >= 0.3 is 0 Å². The average Bonchev–Trinajstić information content (AvgIpc) is 3.04. The first-order valence-corrected chi connectivity index (χ1v) is 7.78. The van der Waals surface area contributed by atoms with Crippen LogP contribution in [0.1, 0.15) is 37.1 Å². The molecule has 0 saturated carbocycles. The highest BCUT2D eigenvalue weighted by atomic mass is 32.1. The van der Waals surface area contributed by atoms with E-state index in [1.165, 1.54) is 4.88 Å². The topological polar surface area (TPSA) is 32.3 Å². The Kier molecular flexibility index (Phi) is 5.16. The summed E-state index contributed by atoms with van der Waals surface area (Å²) in [5, 5.41) is 5.39. The molecule has 0 radical (unpaired) electrons. The van der Waals surface area contributed by atoms with Gasteiger partial charge in [-0.3, -0.25) is 4.79 Å². The van der Waals surface area contributed by atoms with E-state index < -0.39 is 0 Å². The lowest BCUT2D eigenvalue weighted by Crippen LogP contribution is -2.37. The predicted molar refractivity (Wildman–Crippen MR) is 80.3 cm³/mol. The van der Waals surface area contributed by atoms with Crippen molar-refractivity contribution < 1.29 is 4.79 Å². The van der Waals surface area contributed by atoms with Gasteiger partial charge in [-0.05, 0) is 37.8 Å². The van der Waals surface area contributed by atoms with E-state index in [0.717, 1.165) is 25.9 Å². The Morgan fingerprint density at radius 1 is 1.68 bits per heavy atom. The zero-order chi connectivity index (χ0) is 13.7. The molecule has 1 aliphatic heterocycles. The number of hydrogen-bond donors (Lipinski definition) is 1. The van der Waals surface area contributed by atoms with Gasteiger partial charge in [-0.2, -0.15) is 0 Å². The Balaban J connectivity index is 1.95. The lowest BCUT2D eigenvalue weighted by Gasteiger charge is -2.30. The number of hydrogen-bond acceptors (Lipinski definition) is 3. The van der Waals surface area contributed by atoms with Crippen LogP contribution in [-0.4, -0.2) is 29.9 Å². The number of likely N-dealkylation sites (tertiary alicyclic amines) is 1. The number of nitrogens with one attached hydrogen (secondary N) is 1. The molecule has 1 fully saturated rings. The molecule has 0 unspecified atom stereocenters. The minimum Gasteiger partial charge on any atom is -0.332 e. The molecule has 2 rings (SSSR count). The first-order chi connectivity index (χ1) is 9.24. The summed E-state index contributed by atoms with van der Waals surface area (Å²) in [6.45, 7) is 7.61. The molecule has 0 spiro atoms. The lowest BCUT2D eigenvalue weighted by molar-refractivity contribution is -0.131. The molecule has 1 aromatic heterocycles. The van der Waals surface area contributed by atoms with Crippen LogP contribution in [0.15, 0.2) is 30.2 Å². The second kappa shape index (κ2) is 6.87. The van der Waals surface area contributed by atoms with Gasteiger partial charge in [-0.15, -0.1) is 17.9 Å². The van der Waals surface area contributed by atoms with Gasteiger partial charge in [0.25, 0.3) is 0 Å². The van der Waals surface area contributed by atoms with E-state index >= 15 is 0 Å². The number of carbonyl (C=O) groups is 1. The van der Waals surface area contributed by atoms with Crippen molar-refractivity contribution in [1.29, 1.82) is 0 Å². The summed E-state index contributed by atoms with van der Waals surface area (Å²) in [6, 6.07) is 4.76. The minimum atomic E-state index is 0.208. The number of nitrogens with zero attached hydrogens (tertiary/aromatic N) is 1. The SMILES string of the molecule is C=CCNCC[C@@H]1CCC(=O)N1[C@@H](C)c1cccs1. The van der Waals surface area contributed by atoms with E-state index in [-0.39, 0.29) is 6.04 Å². The first-order valence-electron chi connectivity index (χ1n) is 6.90. The van der Waals surface area contributed by atoms with Crippen LogP contribution in [0, 0.1) is 0 Å². The van der Waals surface area contributed by atoms with E-state index in [1.807, 2.05) is 6.08 Å². The van der Waals surface area contributed by atoms with Crippen molar-refractivity contribution >= 4 is 17.2 Å². The molecule has 2 heterocycles. The van der Waals surface area contributed by atoms with E-state index in [9.17, 15) is 4.79 Å². The van der Waals surface area contributed by atoms with Gasteiger partial charge in [-0.1, -0.05) is 12.1 Å². The fraction of sp³-hybridized carbons (Fsp3) is 0.533. The second-order valence-corrected chi connectivity index (χ2v) is 5.95. The van der Waals surface area contributed by atoms with Crippen molar-refractivity contribution in [3.05, 3.63) is 35.0 Å². The normalized spacial score (nSPS) is 20.8. The molecule has 4 heteroatoms.